The Kier molecular flexibility index (Phi) is 12.1. The third kappa shape index (κ3) is 9.68. The Morgan fingerprint density at radius 3 is 2.21 bits per heavy atom. The van der Waals surface area contributed by atoms with Gasteiger partial charge in [0.2, 0.25) is 21.8 Å². The van der Waals surface area contributed by atoms with E-state index in [9.17, 15) is 27.6 Å². The number of fused-ring (bicyclic) bond motifs is 1. The smallest absolute Gasteiger partial charge is 0.315 e. The molecule has 0 radical (unpaired) electrons. The summed E-state index contributed by atoms with van der Waals surface area (Å²) in [6.07, 6.45) is 1.93. The predicted octanol–water partition coefficient (Wildman–Crippen LogP) is 6.05. The van der Waals surface area contributed by atoms with E-state index in [0.717, 1.165) is 11.1 Å². The quantitative estimate of drug-likeness (QED) is 0.110. The second-order valence-corrected chi connectivity index (χ2v) is 21.2. The standard InChI is InChI=1S/C48H58N6O8S/c1-9-32-28-48(32,43(57)53-63(59,60)47(22-23-47)27-30-16-12-10-13-17-30)51-41(55)38-25-34(29-54(38)42(56)40(45(2,3)4)50-44(58)52-46(5,6)7)62-39-26-36(31-18-14-11-15-19-31)49-37-24-33(61-8)20-21-35(37)39/h9-21,24,26,32,34,38,40H,1,22-23,25,27-29H2,2-8H3,(H,51,55)(H,53,57)(H2,50,52,58)/t32-,34-,38+,40-,48-/m1/s1. The van der Waals surface area contributed by atoms with Gasteiger partial charge in [0.25, 0.3) is 5.91 Å². The molecule has 2 saturated carbocycles. The number of methoxy groups -OCH3 is 1. The van der Waals surface area contributed by atoms with E-state index in [-0.39, 0.29) is 25.8 Å². The first-order chi connectivity index (χ1) is 29.7. The monoisotopic (exact) mass is 878 g/mol. The summed E-state index contributed by atoms with van der Waals surface area (Å²) in [5.74, 6) is -1.55. The van der Waals surface area contributed by atoms with Gasteiger partial charge in [-0.2, -0.15) is 0 Å². The lowest BCUT2D eigenvalue weighted by molar-refractivity contribution is -0.142. The molecule has 15 heteroatoms. The average Bonchev–Trinajstić information content (AvgIpc) is 4.13. The molecule has 1 aliphatic heterocycles. The van der Waals surface area contributed by atoms with E-state index in [1.807, 2.05) is 114 Å². The molecule has 14 nitrogen and oxygen atoms in total. The van der Waals surface area contributed by atoms with Gasteiger partial charge in [-0.3, -0.25) is 19.1 Å². The van der Waals surface area contributed by atoms with E-state index in [1.54, 1.807) is 19.2 Å². The Hall–Kier alpha value is -5.96. The van der Waals surface area contributed by atoms with Crippen molar-refractivity contribution in [2.24, 2.45) is 11.3 Å². The molecular weight excluding hydrogens is 821 g/mol. The maximum absolute atomic E-state index is 14.9. The number of aromatic nitrogens is 1. The molecule has 0 spiro atoms. The zero-order valence-electron chi connectivity index (χ0n) is 37.0. The van der Waals surface area contributed by atoms with Crippen molar-refractivity contribution in [2.75, 3.05) is 13.7 Å². The number of nitrogens with one attached hydrogen (secondary N) is 4. The summed E-state index contributed by atoms with van der Waals surface area (Å²) >= 11 is 0. The van der Waals surface area contributed by atoms with Crippen LogP contribution in [0.15, 0.2) is 97.6 Å². The summed E-state index contributed by atoms with van der Waals surface area (Å²) in [6, 6.07) is 23.3. The Morgan fingerprint density at radius 1 is 0.952 bits per heavy atom. The molecule has 1 saturated heterocycles. The van der Waals surface area contributed by atoms with Crippen molar-refractivity contribution in [3.05, 3.63) is 103 Å². The van der Waals surface area contributed by atoms with Crippen molar-refractivity contribution >= 4 is 44.7 Å². The molecule has 7 rings (SSSR count). The van der Waals surface area contributed by atoms with E-state index in [2.05, 4.69) is 27.3 Å². The van der Waals surface area contributed by atoms with E-state index >= 15 is 0 Å². The van der Waals surface area contributed by atoms with E-state index in [0.29, 0.717) is 40.9 Å². The van der Waals surface area contributed by atoms with Gasteiger partial charge in [0.05, 0.1) is 29.6 Å². The molecule has 2 heterocycles. The summed E-state index contributed by atoms with van der Waals surface area (Å²) < 4.78 is 41.2. The minimum atomic E-state index is -4.17. The zero-order chi connectivity index (χ0) is 45.5. The van der Waals surface area contributed by atoms with Crippen LogP contribution in [0.4, 0.5) is 4.79 Å². The van der Waals surface area contributed by atoms with Crippen molar-refractivity contribution < 1.29 is 37.1 Å². The third-order valence-electron chi connectivity index (χ3n) is 12.1. The molecule has 4 N–H and O–H groups in total. The Bertz CT molecular complexity index is 2520. The van der Waals surface area contributed by atoms with Gasteiger partial charge < -0.3 is 30.3 Å². The van der Waals surface area contributed by atoms with Crippen LogP contribution < -0.4 is 30.1 Å². The highest BCUT2D eigenvalue weighted by Crippen LogP contribution is 2.49. The number of carbonyl (C=O) groups is 4. The Labute approximate surface area is 369 Å². The number of amides is 5. The maximum atomic E-state index is 14.9. The number of urea groups is 1. The van der Waals surface area contributed by atoms with Gasteiger partial charge in [0.1, 0.15) is 35.2 Å². The maximum Gasteiger partial charge on any atom is 0.315 e. The number of nitrogens with zero attached hydrogens (tertiary/aromatic N) is 2. The first-order valence-electron chi connectivity index (χ1n) is 21.3. The Morgan fingerprint density at radius 2 is 1.62 bits per heavy atom. The number of hydrogen-bond acceptors (Lipinski definition) is 9. The number of benzene rings is 3. The van der Waals surface area contributed by atoms with Crippen molar-refractivity contribution in [2.45, 2.75) is 108 Å². The van der Waals surface area contributed by atoms with Crippen LogP contribution in [0.25, 0.3) is 22.2 Å². The number of sulfonamides is 1. The van der Waals surface area contributed by atoms with Crippen LogP contribution in [0.1, 0.15) is 72.8 Å². The van der Waals surface area contributed by atoms with E-state index in [1.165, 1.54) is 11.0 Å². The molecule has 1 aromatic heterocycles. The highest BCUT2D eigenvalue weighted by molar-refractivity contribution is 7.91. The fourth-order valence-corrected chi connectivity index (χ4v) is 9.98. The third-order valence-corrected chi connectivity index (χ3v) is 14.2. The van der Waals surface area contributed by atoms with Crippen LogP contribution in [0.5, 0.6) is 11.5 Å². The highest BCUT2D eigenvalue weighted by atomic mass is 32.2. The second kappa shape index (κ2) is 17.0. The average molecular weight is 879 g/mol. The molecule has 63 heavy (non-hydrogen) atoms. The van der Waals surface area contributed by atoms with Gasteiger partial charge in [-0.15, -0.1) is 6.58 Å². The predicted molar refractivity (Wildman–Crippen MR) is 241 cm³/mol. The lowest BCUT2D eigenvalue weighted by atomic mass is 9.85. The summed E-state index contributed by atoms with van der Waals surface area (Å²) in [6.45, 7) is 14.7. The van der Waals surface area contributed by atoms with Crippen LogP contribution >= 0.6 is 0 Å². The van der Waals surface area contributed by atoms with Crippen molar-refractivity contribution in [1.29, 1.82) is 0 Å². The van der Waals surface area contributed by atoms with Crippen LogP contribution in [0, 0.1) is 11.3 Å². The van der Waals surface area contributed by atoms with Gasteiger partial charge in [0, 0.05) is 41.0 Å². The largest absolute Gasteiger partial charge is 0.497 e. The summed E-state index contributed by atoms with van der Waals surface area (Å²) in [5.41, 5.74) is -0.107. The number of rotatable bonds is 14. The van der Waals surface area contributed by atoms with Crippen LogP contribution in [0.2, 0.25) is 0 Å². The number of ether oxygens (including phenoxy) is 2. The molecule has 3 fully saturated rings. The topological polar surface area (TPSA) is 185 Å². The van der Waals surface area contributed by atoms with Gasteiger partial charge in [-0.25, -0.2) is 18.2 Å². The van der Waals surface area contributed by atoms with Gasteiger partial charge in [0.15, 0.2) is 0 Å². The molecule has 4 aromatic rings. The normalized spacial score (nSPS) is 22.0. The van der Waals surface area contributed by atoms with Crippen molar-refractivity contribution in [3.8, 4) is 22.8 Å². The number of hydrogen-bond donors (Lipinski definition) is 4. The van der Waals surface area contributed by atoms with Gasteiger partial charge in [-0.1, -0.05) is 87.5 Å². The second-order valence-electron chi connectivity index (χ2n) is 19.2. The first kappa shape index (κ1) is 45.1. The minimum Gasteiger partial charge on any atom is -0.497 e. The molecule has 3 aliphatic rings. The molecule has 0 bridgehead atoms. The number of likely N-dealkylation sites (tertiary alicyclic amines) is 1. The summed E-state index contributed by atoms with van der Waals surface area (Å²) in [7, 11) is -2.60. The van der Waals surface area contributed by atoms with E-state index < -0.39 is 79.1 Å². The zero-order valence-corrected chi connectivity index (χ0v) is 37.8. The number of pyridine rings is 1. The fourth-order valence-electron chi connectivity index (χ4n) is 8.34. The van der Waals surface area contributed by atoms with Crippen LogP contribution in [-0.4, -0.2) is 89.7 Å². The van der Waals surface area contributed by atoms with Crippen molar-refractivity contribution in [3.63, 3.8) is 0 Å². The molecule has 5 amide bonds. The molecular formula is C48H58N6O8S. The van der Waals surface area contributed by atoms with Crippen LogP contribution in [-0.2, 0) is 30.8 Å². The molecule has 3 aromatic carbocycles. The fraction of sp³-hybridized carbons (Fsp3) is 0.438. The molecule has 5 atom stereocenters. The summed E-state index contributed by atoms with van der Waals surface area (Å²) in [5, 5.41) is 9.27. The molecule has 2 aliphatic carbocycles. The van der Waals surface area contributed by atoms with Gasteiger partial charge >= 0.3 is 6.03 Å². The molecule has 0 unspecified atom stereocenters. The SMILES string of the molecule is C=C[C@@H]1C[C@]1(NC(=O)[C@@H]1C[C@@H](Oc2cc(-c3ccccc3)nc3cc(OC)ccc23)CN1C(=O)[C@@H](NC(=O)NC(C)(C)C)C(C)(C)C)C(=O)NS(=O)(=O)C1(Cc2ccccc2)CC1. The first-order valence-corrected chi connectivity index (χ1v) is 22.8. The van der Waals surface area contributed by atoms with Gasteiger partial charge in [-0.05, 0) is 69.6 Å². The summed E-state index contributed by atoms with van der Waals surface area (Å²) in [4.78, 5) is 63.4. The van der Waals surface area contributed by atoms with Crippen LogP contribution in [0.3, 0.4) is 0 Å². The lowest BCUT2D eigenvalue weighted by Gasteiger charge is -2.36. The molecule has 334 valence electrons. The van der Waals surface area contributed by atoms with E-state index in [4.69, 9.17) is 14.5 Å². The minimum absolute atomic E-state index is 0.0121. The highest BCUT2D eigenvalue weighted by Gasteiger charge is 2.63. The number of carbonyl (C=O) groups excluding carboxylic acids is 4. The Balaban J connectivity index is 1.20. The lowest BCUT2D eigenvalue weighted by Crippen LogP contribution is -2.61. The van der Waals surface area contributed by atoms with Crippen molar-refractivity contribution in [1.82, 2.24) is 30.6 Å².